The van der Waals surface area contributed by atoms with Gasteiger partial charge in [0.15, 0.2) is 0 Å². The summed E-state index contributed by atoms with van der Waals surface area (Å²) >= 11 is 0. The summed E-state index contributed by atoms with van der Waals surface area (Å²) in [6.07, 6.45) is -4.55. The number of aromatic nitrogens is 2. The van der Waals surface area contributed by atoms with Gasteiger partial charge in [0.05, 0.1) is 0 Å². The van der Waals surface area contributed by atoms with Gasteiger partial charge in [-0.2, -0.15) is 17.5 Å². The van der Waals surface area contributed by atoms with Crippen molar-refractivity contribution in [3.63, 3.8) is 0 Å². The molecule has 0 amide bonds. The molecule has 142 valence electrons. The number of piperidine rings is 1. The summed E-state index contributed by atoms with van der Waals surface area (Å²) in [6.45, 7) is -0.209. The summed E-state index contributed by atoms with van der Waals surface area (Å²) in [7, 11) is -4.27. The van der Waals surface area contributed by atoms with Gasteiger partial charge in [0, 0.05) is 19.0 Å². The average Bonchev–Trinajstić information content (AvgIpc) is 3.07. The molecule has 1 aliphatic rings. The van der Waals surface area contributed by atoms with Crippen LogP contribution in [0.5, 0.6) is 0 Å². The summed E-state index contributed by atoms with van der Waals surface area (Å²) in [6, 6.07) is 2.10. The Morgan fingerprint density at radius 1 is 1.12 bits per heavy atom. The lowest BCUT2D eigenvalue weighted by atomic mass is 9.98. The fourth-order valence-corrected chi connectivity index (χ4v) is 4.22. The van der Waals surface area contributed by atoms with Crippen LogP contribution < -0.4 is 0 Å². The molecular weight excluding hydrogens is 385 g/mol. The molecule has 1 aliphatic heterocycles. The van der Waals surface area contributed by atoms with E-state index in [1.807, 2.05) is 0 Å². The van der Waals surface area contributed by atoms with E-state index in [-0.39, 0.29) is 31.8 Å². The zero-order chi connectivity index (χ0) is 19.1. The van der Waals surface area contributed by atoms with E-state index in [1.54, 1.807) is 0 Å². The van der Waals surface area contributed by atoms with E-state index in [4.69, 9.17) is 0 Å². The molecule has 0 unspecified atom stereocenters. The van der Waals surface area contributed by atoms with Gasteiger partial charge in [-0.1, -0.05) is 0 Å². The molecule has 12 heteroatoms. The maximum Gasteiger partial charge on any atom is 0.470 e. The van der Waals surface area contributed by atoms with Crippen molar-refractivity contribution in [3.05, 3.63) is 41.6 Å². The molecule has 1 aromatic carbocycles. The number of alkyl halides is 3. The van der Waals surface area contributed by atoms with E-state index in [0.29, 0.717) is 12.1 Å². The number of benzene rings is 1. The molecule has 26 heavy (non-hydrogen) atoms. The van der Waals surface area contributed by atoms with E-state index in [0.717, 1.165) is 10.4 Å². The van der Waals surface area contributed by atoms with Crippen molar-refractivity contribution in [2.75, 3.05) is 13.1 Å². The fourth-order valence-electron chi connectivity index (χ4n) is 2.67. The number of sulfonamides is 1. The second kappa shape index (κ2) is 6.58. The summed E-state index contributed by atoms with van der Waals surface area (Å²) < 4.78 is 95.0. The van der Waals surface area contributed by atoms with Gasteiger partial charge in [0.25, 0.3) is 0 Å². The van der Waals surface area contributed by atoms with Crippen molar-refractivity contribution < 1.29 is 34.8 Å². The molecule has 0 spiro atoms. The van der Waals surface area contributed by atoms with Gasteiger partial charge in [-0.15, -0.1) is 10.2 Å². The van der Waals surface area contributed by atoms with Crippen LogP contribution in [0.2, 0.25) is 0 Å². The van der Waals surface area contributed by atoms with Crippen molar-refractivity contribution in [2.45, 2.75) is 29.8 Å². The second-order valence-electron chi connectivity index (χ2n) is 5.70. The second-order valence-corrected chi connectivity index (χ2v) is 7.60. The van der Waals surface area contributed by atoms with Gasteiger partial charge >= 0.3 is 12.1 Å². The Kier molecular flexibility index (Phi) is 4.73. The Hall–Kier alpha value is -2.08. The molecule has 1 saturated heterocycles. The van der Waals surface area contributed by atoms with E-state index in [1.165, 1.54) is 0 Å². The van der Waals surface area contributed by atoms with E-state index < -0.39 is 44.5 Å². The minimum Gasteiger partial charge on any atom is -0.417 e. The molecule has 2 heterocycles. The van der Waals surface area contributed by atoms with E-state index in [9.17, 15) is 30.4 Å². The third-order valence-corrected chi connectivity index (χ3v) is 5.91. The Morgan fingerprint density at radius 2 is 1.77 bits per heavy atom. The number of hydrogen-bond acceptors (Lipinski definition) is 5. The SMILES string of the molecule is O=S(=O)(c1cc(F)ccc1F)N1CCC(c2nnc(C(F)(F)F)o2)CC1. The van der Waals surface area contributed by atoms with Gasteiger partial charge in [-0.25, -0.2) is 17.2 Å². The van der Waals surface area contributed by atoms with Crippen LogP contribution in [0.1, 0.15) is 30.5 Å². The molecule has 0 saturated carbocycles. The molecule has 0 N–H and O–H groups in total. The lowest BCUT2D eigenvalue weighted by Crippen LogP contribution is -2.38. The Labute approximate surface area is 144 Å². The van der Waals surface area contributed by atoms with Gasteiger partial charge in [-0.05, 0) is 31.0 Å². The summed E-state index contributed by atoms with van der Waals surface area (Å²) in [4.78, 5) is -0.784. The molecule has 3 rings (SSSR count). The first kappa shape index (κ1) is 18.7. The molecular formula is C14H12F5N3O3S. The first-order chi connectivity index (χ1) is 12.1. The number of nitrogens with zero attached hydrogens (tertiary/aromatic N) is 3. The maximum atomic E-state index is 13.8. The standard InChI is InChI=1S/C14H12F5N3O3S/c15-9-1-2-10(16)11(7-9)26(23,24)22-5-3-8(4-6-22)12-20-21-13(25-12)14(17,18)19/h1-2,7-8H,3-6H2. The minimum absolute atomic E-state index is 0.104. The van der Waals surface area contributed by atoms with Crippen molar-refractivity contribution in [3.8, 4) is 0 Å². The predicted molar refractivity (Wildman–Crippen MR) is 76.4 cm³/mol. The zero-order valence-electron chi connectivity index (χ0n) is 13.0. The number of hydrogen-bond donors (Lipinski definition) is 0. The van der Waals surface area contributed by atoms with Crippen molar-refractivity contribution in [1.29, 1.82) is 0 Å². The van der Waals surface area contributed by atoms with Crippen LogP contribution in [-0.4, -0.2) is 36.0 Å². The van der Waals surface area contributed by atoms with Gasteiger partial charge in [0.2, 0.25) is 15.9 Å². The number of rotatable bonds is 3. The van der Waals surface area contributed by atoms with Crippen molar-refractivity contribution in [1.82, 2.24) is 14.5 Å². The fraction of sp³-hybridized carbons (Fsp3) is 0.429. The van der Waals surface area contributed by atoms with Crippen LogP contribution in [0.25, 0.3) is 0 Å². The van der Waals surface area contributed by atoms with Crippen LogP contribution in [0.3, 0.4) is 0 Å². The summed E-state index contributed by atoms with van der Waals surface area (Å²) in [5, 5.41) is 6.30. The molecule has 1 aromatic heterocycles. The van der Waals surface area contributed by atoms with E-state index in [2.05, 4.69) is 14.6 Å². The topological polar surface area (TPSA) is 76.3 Å². The van der Waals surface area contributed by atoms with Crippen LogP contribution in [0.15, 0.2) is 27.5 Å². The smallest absolute Gasteiger partial charge is 0.417 e. The molecule has 2 aromatic rings. The third-order valence-electron chi connectivity index (χ3n) is 4.00. The van der Waals surface area contributed by atoms with Crippen LogP contribution in [0.4, 0.5) is 22.0 Å². The molecule has 0 radical (unpaired) electrons. The first-order valence-electron chi connectivity index (χ1n) is 7.45. The molecule has 0 bridgehead atoms. The van der Waals surface area contributed by atoms with Gasteiger partial charge in [-0.3, -0.25) is 0 Å². The minimum atomic E-state index is -4.76. The van der Waals surface area contributed by atoms with Crippen LogP contribution >= 0.6 is 0 Å². The predicted octanol–water partition coefficient (Wildman–Crippen LogP) is 2.93. The van der Waals surface area contributed by atoms with Crippen LogP contribution in [-0.2, 0) is 16.2 Å². The molecule has 0 atom stereocenters. The van der Waals surface area contributed by atoms with Gasteiger partial charge < -0.3 is 4.42 Å². The summed E-state index contributed by atoms with van der Waals surface area (Å²) in [5.74, 6) is -4.23. The molecule has 1 fully saturated rings. The lowest BCUT2D eigenvalue weighted by Gasteiger charge is -2.29. The zero-order valence-corrected chi connectivity index (χ0v) is 13.8. The largest absolute Gasteiger partial charge is 0.470 e. The average molecular weight is 397 g/mol. The highest BCUT2D eigenvalue weighted by Crippen LogP contribution is 2.34. The molecule has 0 aliphatic carbocycles. The normalized spacial score (nSPS) is 17.6. The van der Waals surface area contributed by atoms with Crippen LogP contribution in [0, 0.1) is 11.6 Å². The summed E-state index contributed by atoms with van der Waals surface area (Å²) in [5.41, 5.74) is 0. The molecule has 6 nitrogen and oxygen atoms in total. The van der Waals surface area contributed by atoms with Crippen molar-refractivity contribution >= 4 is 10.0 Å². The third kappa shape index (κ3) is 3.56. The Balaban J connectivity index is 1.74. The van der Waals surface area contributed by atoms with Crippen molar-refractivity contribution in [2.24, 2.45) is 0 Å². The highest BCUT2D eigenvalue weighted by Gasteiger charge is 2.40. The highest BCUT2D eigenvalue weighted by molar-refractivity contribution is 7.89. The van der Waals surface area contributed by atoms with E-state index >= 15 is 0 Å². The lowest BCUT2D eigenvalue weighted by molar-refractivity contribution is -0.157. The Bertz CT molecular complexity index is 905. The first-order valence-corrected chi connectivity index (χ1v) is 8.89. The quantitative estimate of drug-likeness (QED) is 0.745. The monoisotopic (exact) mass is 397 g/mol. The number of halogens is 5. The Morgan fingerprint density at radius 3 is 2.35 bits per heavy atom. The highest BCUT2D eigenvalue weighted by atomic mass is 32.2. The maximum absolute atomic E-state index is 13.8. The van der Waals surface area contributed by atoms with Gasteiger partial charge in [0.1, 0.15) is 16.5 Å².